The van der Waals surface area contributed by atoms with Crippen molar-refractivity contribution < 1.29 is 0 Å². The molecule has 2 aliphatic carbocycles. The first-order valence-corrected chi connectivity index (χ1v) is 11.9. The fourth-order valence-corrected chi connectivity index (χ4v) is 6.37. The second kappa shape index (κ2) is 6.71. The Hall–Kier alpha value is -4.63. The van der Waals surface area contributed by atoms with Crippen LogP contribution >= 0.6 is 0 Å². The van der Waals surface area contributed by atoms with Crippen LogP contribution in [0.1, 0.15) is 22.3 Å². The topological polar surface area (TPSA) is 38.7 Å². The SMILES string of the molecule is c1cnc2c(c1)C1(c3ccncc3-c3cnccc31)c1cc(-c3cccc4ccccc34)ccc1-2. The fraction of sp³-hybridized carbons (Fsp3) is 0.0312. The molecule has 3 heterocycles. The van der Waals surface area contributed by atoms with Crippen LogP contribution in [-0.2, 0) is 5.41 Å². The van der Waals surface area contributed by atoms with Gasteiger partial charge in [0.2, 0.25) is 0 Å². The average molecular weight is 446 g/mol. The maximum Gasteiger partial charge on any atom is 0.0753 e. The second-order valence-electron chi connectivity index (χ2n) is 9.28. The summed E-state index contributed by atoms with van der Waals surface area (Å²) in [6.45, 7) is 0. The summed E-state index contributed by atoms with van der Waals surface area (Å²) in [7, 11) is 0. The van der Waals surface area contributed by atoms with Crippen LogP contribution in [-0.4, -0.2) is 15.0 Å². The third kappa shape index (κ3) is 2.27. The Bertz CT molecular complexity index is 1750. The highest BCUT2D eigenvalue weighted by molar-refractivity contribution is 5.99. The number of aromatic nitrogens is 3. The molecule has 35 heavy (non-hydrogen) atoms. The lowest BCUT2D eigenvalue weighted by Crippen LogP contribution is -2.26. The van der Waals surface area contributed by atoms with E-state index in [1.54, 1.807) is 0 Å². The van der Waals surface area contributed by atoms with E-state index in [1.165, 1.54) is 49.7 Å². The number of hydrogen-bond donors (Lipinski definition) is 0. The lowest BCUT2D eigenvalue weighted by atomic mass is 9.70. The molecule has 3 aromatic carbocycles. The highest BCUT2D eigenvalue weighted by Crippen LogP contribution is 2.62. The van der Waals surface area contributed by atoms with E-state index in [0.717, 1.165) is 16.8 Å². The molecule has 0 N–H and O–H groups in total. The Labute approximate surface area is 202 Å². The van der Waals surface area contributed by atoms with Crippen molar-refractivity contribution in [3.05, 3.63) is 138 Å². The minimum absolute atomic E-state index is 0.434. The Morgan fingerprint density at radius 2 is 1.29 bits per heavy atom. The Balaban J connectivity index is 1.51. The zero-order valence-corrected chi connectivity index (χ0v) is 18.8. The molecular formula is C32H19N3. The lowest BCUT2D eigenvalue weighted by molar-refractivity contribution is 0.789. The number of benzene rings is 3. The molecule has 0 unspecified atom stereocenters. The summed E-state index contributed by atoms with van der Waals surface area (Å²) >= 11 is 0. The molecule has 0 bridgehead atoms. The van der Waals surface area contributed by atoms with Crippen molar-refractivity contribution in [2.24, 2.45) is 0 Å². The maximum atomic E-state index is 4.89. The van der Waals surface area contributed by atoms with Gasteiger partial charge < -0.3 is 0 Å². The lowest BCUT2D eigenvalue weighted by Gasteiger charge is -2.30. The van der Waals surface area contributed by atoms with Gasteiger partial charge in [0.15, 0.2) is 0 Å². The summed E-state index contributed by atoms with van der Waals surface area (Å²) in [5, 5.41) is 2.51. The van der Waals surface area contributed by atoms with Gasteiger partial charge >= 0.3 is 0 Å². The van der Waals surface area contributed by atoms with E-state index in [9.17, 15) is 0 Å². The maximum absolute atomic E-state index is 4.89. The van der Waals surface area contributed by atoms with Crippen LogP contribution in [0.15, 0.2) is 116 Å². The molecule has 0 saturated carbocycles. The standard InChI is InChI=1S/C32H19N3/c1-2-7-22-20(5-1)6-3-8-23(22)21-10-11-24-30(17-21)32(29-9-4-14-35-31(24)29)27-12-15-33-18-25(27)26-19-34-16-13-28(26)32/h1-19H. The molecule has 3 nitrogen and oxygen atoms in total. The molecule has 0 fully saturated rings. The van der Waals surface area contributed by atoms with Crippen LogP contribution in [0.3, 0.4) is 0 Å². The van der Waals surface area contributed by atoms with Crippen LogP contribution in [0.5, 0.6) is 0 Å². The van der Waals surface area contributed by atoms with Gasteiger partial charge in [-0.1, -0.05) is 60.7 Å². The fourth-order valence-electron chi connectivity index (χ4n) is 6.37. The monoisotopic (exact) mass is 445 g/mol. The molecule has 0 amide bonds. The van der Waals surface area contributed by atoms with Crippen molar-refractivity contribution in [3.8, 4) is 33.5 Å². The van der Waals surface area contributed by atoms with Crippen molar-refractivity contribution in [1.82, 2.24) is 15.0 Å². The number of nitrogens with zero attached hydrogens (tertiary/aromatic N) is 3. The molecule has 8 rings (SSSR count). The molecule has 0 aliphatic heterocycles. The van der Waals surface area contributed by atoms with Gasteiger partial charge in [0, 0.05) is 47.7 Å². The highest BCUT2D eigenvalue weighted by Gasteiger charge is 2.52. The third-order valence-electron chi connectivity index (χ3n) is 7.73. The zero-order valence-electron chi connectivity index (χ0n) is 18.8. The van der Waals surface area contributed by atoms with Gasteiger partial charge in [0.05, 0.1) is 11.1 Å². The summed E-state index contributed by atoms with van der Waals surface area (Å²) in [4.78, 5) is 13.8. The molecular weight excluding hydrogens is 426 g/mol. The Morgan fingerprint density at radius 1 is 0.514 bits per heavy atom. The average Bonchev–Trinajstić information content (AvgIpc) is 3.40. The predicted octanol–water partition coefficient (Wildman–Crippen LogP) is 7.04. The number of pyridine rings is 3. The van der Waals surface area contributed by atoms with Crippen LogP contribution in [0.25, 0.3) is 44.3 Å². The molecule has 0 radical (unpaired) electrons. The van der Waals surface area contributed by atoms with E-state index in [1.807, 2.05) is 31.0 Å². The van der Waals surface area contributed by atoms with Crippen LogP contribution in [0.4, 0.5) is 0 Å². The number of fused-ring (bicyclic) bond motifs is 11. The smallest absolute Gasteiger partial charge is 0.0753 e. The zero-order chi connectivity index (χ0) is 23.0. The first kappa shape index (κ1) is 18.8. The normalized spacial score (nSPS) is 13.9. The summed E-state index contributed by atoms with van der Waals surface area (Å²) in [6, 6.07) is 30.7. The molecule has 6 aromatic rings. The molecule has 3 aromatic heterocycles. The summed E-state index contributed by atoms with van der Waals surface area (Å²) in [5.74, 6) is 0. The highest BCUT2D eigenvalue weighted by atomic mass is 14.7. The first-order valence-electron chi connectivity index (χ1n) is 11.9. The van der Waals surface area contributed by atoms with Gasteiger partial charge in [-0.05, 0) is 68.4 Å². The van der Waals surface area contributed by atoms with Gasteiger partial charge in [-0.3, -0.25) is 15.0 Å². The number of hydrogen-bond acceptors (Lipinski definition) is 3. The quantitative estimate of drug-likeness (QED) is 0.272. The van der Waals surface area contributed by atoms with E-state index in [0.29, 0.717) is 0 Å². The minimum atomic E-state index is -0.434. The molecule has 0 saturated heterocycles. The van der Waals surface area contributed by atoms with Gasteiger partial charge in [-0.25, -0.2) is 0 Å². The summed E-state index contributed by atoms with van der Waals surface area (Å²) < 4.78 is 0. The van der Waals surface area contributed by atoms with E-state index >= 15 is 0 Å². The van der Waals surface area contributed by atoms with E-state index in [-0.39, 0.29) is 0 Å². The molecule has 2 aliphatic rings. The van der Waals surface area contributed by atoms with Gasteiger partial charge in [-0.2, -0.15) is 0 Å². The van der Waals surface area contributed by atoms with Gasteiger partial charge in [0.1, 0.15) is 0 Å². The molecule has 3 heteroatoms. The van der Waals surface area contributed by atoms with E-state index in [4.69, 9.17) is 4.98 Å². The largest absolute Gasteiger partial charge is 0.264 e. The van der Waals surface area contributed by atoms with Crippen molar-refractivity contribution >= 4 is 10.8 Å². The minimum Gasteiger partial charge on any atom is -0.264 e. The van der Waals surface area contributed by atoms with Crippen molar-refractivity contribution in [2.45, 2.75) is 5.41 Å². The van der Waals surface area contributed by atoms with Crippen LogP contribution < -0.4 is 0 Å². The van der Waals surface area contributed by atoms with E-state index < -0.39 is 5.41 Å². The molecule has 0 atom stereocenters. The van der Waals surface area contributed by atoms with E-state index in [2.05, 4.69) is 94.9 Å². The third-order valence-corrected chi connectivity index (χ3v) is 7.73. The van der Waals surface area contributed by atoms with Crippen molar-refractivity contribution in [1.29, 1.82) is 0 Å². The van der Waals surface area contributed by atoms with Crippen molar-refractivity contribution in [3.63, 3.8) is 0 Å². The van der Waals surface area contributed by atoms with Crippen LogP contribution in [0.2, 0.25) is 0 Å². The number of rotatable bonds is 1. The molecule has 1 spiro atoms. The Kier molecular flexibility index (Phi) is 3.59. The first-order chi connectivity index (χ1) is 17.4. The van der Waals surface area contributed by atoms with Gasteiger partial charge in [0.25, 0.3) is 0 Å². The predicted molar refractivity (Wildman–Crippen MR) is 139 cm³/mol. The molecule has 162 valence electrons. The Morgan fingerprint density at radius 3 is 2.11 bits per heavy atom. The van der Waals surface area contributed by atoms with Crippen molar-refractivity contribution in [2.75, 3.05) is 0 Å². The van der Waals surface area contributed by atoms with Crippen LogP contribution in [0, 0.1) is 0 Å². The summed E-state index contributed by atoms with van der Waals surface area (Å²) in [6.07, 6.45) is 9.67. The summed E-state index contributed by atoms with van der Waals surface area (Å²) in [5.41, 5.74) is 11.6. The van der Waals surface area contributed by atoms with Gasteiger partial charge in [-0.15, -0.1) is 0 Å². The second-order valence-corrected chi connectivity index (χ2v) is 9.28.